The highest BCUT2D eigenvalue weighted by atomic mass is 16.7. The molecule has 4 nitrogen and oxygen atoms in total. The SMILES string of the molecule is CCCC(N)CC(=O)N1CCCCO1. The van der Waals surface area contributed by atoms with Crippen LogP contribution in [0.5, 0.6) is 0 Å². The van der Waals surface area contributed by atoms with E-state index in [1.807, 2.05) is 0 Å². The molecular weight excluding hydrogens is 180 g/mol. The standard InChI is InChI=1S/C10H20N2O2/c1-2-5-9(11)8-10(13)12-6-3-4-7-14-12/h9H,2-8,11H2,1H3. The van der Waals surface area contributed by atoms with E-state index in [4.69, 9.17) is 10.6 Å². The van der Waals surface area contributed by atoms with Crippen molar-refractivity contribution in [1.29, 1.82) is 0 Å². The molecule has 0 bridgehead atoms. The molecule has 0 saturated carbocycles. The van der Waals surface area contributed by atoms with Gasteiger partial charge in [-0.25, -0.2) is 5.06 Å². The van der Waals surface area contributed by atoms with E-state index in [2.05, 4.69) is 6.92 Å². The van der Waals surface area contributed by atoms with Crippen LogP contribution in [0.15, 0.2) is 0 Å². The Kier molecular flexibility index (Phi) is 4.90. The molecule has 1 atom stereocenters. The second kappa shape index (κ2) is 5.98. The summed E-state index contributed by atoms with van der Waals surface area (Å²) < 4.78 is 0. The van der Waals surface area contributed by atoms with Crippen molar-refractivity contribution in [3.63, 3.8) is 0 Å². The number of amides is 1. The number of nitrogens with two attached hydrogens (primary N) is 1. The molecule has 1 fully saturated rings. The first-order valence-electron chi connectivity index (χ1n) is 5.43. The fourth-order valence-corrected chi connectivity index (χ4v) is 1.59. The van der Waals surface area contributed by atoms with E-state index in [1.54, 1.807) is 0 Å². The van der Waals surface area contributed by atoms with Gasteiger partial charge in [-0.1, -0.05) is 13.3 Å². The van der Waals surface area contributed by atoms with Crippen LogP contribution in [0.3, 0.4) is 0 Å². The number of rotatable bonds is 4. The van der Waals surface area contributed by atoms with Crippen molar-refractivity contribution in [2.45, 2.75) is 45.1 Å². The van der Waals surface area contributed by atoms with Gasteiger partial charge in [-0.3, -0.25) is 9.63 Å². The van der Waals surface area contributed by atoms with Crippen LogP contribution in [0.25, 0.3) is 0 Å². The van der Waals surface area contributed by atoms with Gasteiger partial charge in [-0.15, -0.1) is 0 Å². The van der Waals surface area contributed by atoms with Crippen molar-refractivity contribution < 1.29 is 9.63 Å². The van der Waals surface area contributed by atoms with Gasteiger partial charge < -0.3 is 5.73 Å². The lowest BCUT2D eigenvalue weighted by Crippen LogP contribution is -2.39. The molecule has 4 heteroatoms. The van der Waals surface area contributed by atoms with Crippen molar-refractivity contribution in [3.8, 4) is 0 Å². The minimum atomic E-state index is -0.0157. The van der Waals surface area contributed by atoms with E-state index in [0.29, 0.717) is 13.0 Å². The average molecular weight is 200 g/mol. The molecule has 1 unspecified atom stereocenters. The molecule has 0 aromatic heterocycles. The lowest BCUT2D eigenvalue weighted by Gasteiger charge is -2.26. The topological polar surface area (TPSA) is 55.6 Å². The molecule has 0 aromatic rings. The maximum atomic E-state index is 11.6. The molecule has 1 heterocycles. The second-order valence-electron chi connectivity index (χ2n) is 3.79. The predicted octanol–water partition coefficient (Wildman–Crippen LogP) is 1.06. The highest BCUT2D eigenvalue weighted by molar-refractivity contribution is 5.75. The van der Waals surface area contributed by atoms with Crippen molar-refractivity contribution in [2.75, 3.05) is 13.2 Å². The van der Waals surface area contributed by atoms with E-state index in [-0.39, 0.29) is 11.9 Å². The summed E-state index contributed by atoms with van der Waals surface area (Å²) >= 11 is 0. The summed E-state index contributed by atoms with van der Waals surface area (Å²) in [5.74, 6) is 0.0330. The Labute approximate surface area is 85.3 Å². The number of nitrogens with zero attached hydrogens (tertiary/aromatic N) is 1. The molecule has 82 valence electrons. The third kappa shape index (κ3) is 3.64. The molecule has 14 heavy (non-hydrogen) atoms. The summed E-state index contributed by atoms with van der Waals surface area (Å²) in [6.07, 6.45) is 4.42. The van der Waals surface area contributed by atoms with Crippen LogP contribution in [0, 0.1) is 0 Å². The number of hydrogen-bond acceptors (Lipinski definition) is 3. The van der Waals surface area contributed by atoms with Gasteiger partial charge in [0.25, 0.3) is 0 Å². The van der Waals surface area contributed by atoms with Crippen molar-refractivity contribution in [2.24, 2.45) is 5.73 Å². The maximum Gasteiger partial charge on any atom is 0.247 e. The highest BCUT2D eigenvalue weighted by Gasteiger charge is 2.19. The molecule has 0 radical (unpaired) electrons. The zero-order chi connectivity index (χ0) is 10.4. The van der Waals surface area contributed by atoms with Crippen LogP contribution < -0.4 is 5.73 Å². The molecule has 0 aromatic carbocycles. The minimum Gasteiger partial charge on any atom is -0.327 e. The molecule has 1 aliphatic rings. The molecule has 0 aliphatic carbocycles. The molecule has 1 rings (SSSR count). The first kappa shape index (κ1) is 11.5. The lowest BCUT2D eigenvalue weighted by atomic mass is 10.1. The average Bonchev–Trinajstić information content (AvgIpc) is 2.19. The summed E-state index contributed by atoms with van der Waals surface area (Å²) in [7, 11) is 0. The second-order valence-corrected chi connectivity index (χ2v) is 3.79. The Morgan fingerprint density at radius 3 is 2.93 bits per heavy atom. The summed E-state index contributed by atoms with van der Waals surface area (Å²) in [6, 6.07) is -0.0157. The van der Waals surface area contributed by atoms with Crippen LogP contribution in [0.4, 0.5) is 0 Å². The molecule has 1 saturated heterocycles. The van der Waals surface area contributed by atoms with E-state index in [1.165, 1.54) is 5.06 Å². The summed E-state index contributed by atoms with van der Waals surface area (Å²) in [5.41, 5.74) is 5.79. The highest BCUT2D eigenvalue weighted by Crippen LogP contribution is 2.09. The van der Waals surface area contributed by atoms with E-state index >= 15 is 0 Å². The normalized spacial score (nSPS) is 19.4. The fourth-order valence-electron chi connectivity index (χ4n) is 1.59. The van der Waals surface area contributed by atoms with Gasteiger partial charge in [0.1, 0.15) is 0 Å². The van der Waals surface area contributed by atoms with E-state index in [9.17, 15) is 4.79 Å². The molecule has 1 amide bonds. The number of carbonyl (C=O) groups excluding carboxylic acids is 1. The van der Waals surface area contributed by atoms with Gasteiger partial charge in [0.05, 0.1) is 6.61 Å². The van der Waals surface area contributed by atoms with Gasteiger partial charge in [-0.05, 0) is 19.3 Å². The van der Waals surface area contributed by atoms with Crippen LogP contribution in [-0.2, 0) is 9.63 Å². The first-order chi connectivity index (χ1) is 6.74. The van der Waals surface area contributed by atoms with Gasteiger partial charge in [-0.2, -0.15) is 0 Å². The number of hydroxylamine groups is 2. The largest absolute Gasteiger partial charge is 0.327 e. The Bertz CT molecular complexity index is 179. The first-order valence-corrected chi connectivity index (χ1v) is 5.43. The Hall–Kier alpha value is -0.610. The summed E-state index contributed by atoms with van der Waals surface area (Å²) in [6.45, 7) is 3.45. The smallest absolute Gasteiger partial charge is 0.247 e. The van der Waals surface area contributed by atoms with Crippen LogP contribution in [0.2, 0.25) is 0 Å². The quantitative estimate of drug-likeness (QED) is 0.738. The van der Waals surface area contributed by atoms with Gasteiger partial charge >= 0.3 is 0 Å². The van der Waals surface area contributed by atoms with Crippen molar-refractivity contribution in [3.05, 3.63) is 0 Å². The molecular formula is C10H20N2O2. The van der Waals surface area contributed by atoms with Crippen LogP contribution in [-0.4, -0.2) is 30.2 Å². The predicted molar refractivity (Wildman–Crippen MR) is 54.4 cm³/mol. The Morgan fingerprint density at radius 1 is 1.57 bits per heavy atom. The summed E-state index contributed by atoms with van der Waals surface area (Å²) in [5, 5.41) is 1.47. The maximum absolute atomic E-state index is 11.6. The van der Waals surface area contributed by atoms with Gasteiger partial charge in [0.15, 0.2) is 0 Å². The minimum absolute atomic E-state index is 0.0157. The Morgan fingerprint density at radius 2 is 2.36 bits per heavy atom. The third-order valence-corrected chi connectivity index (χ3v) is 2.38. The van der Waals surface area contributed by atoms with Gasteiger partial charge in [0.2, 0.25) is 5.91 Å². The van der Waals surface area contributed by atoms with Crippen LogP contribution >= 0.6 is 0 Å². The zero-order valence-corrected chi connectivity index (χ0v) is 8.87. The molecule has 2 N–H and O–H groups in total. The van der Waals surface area contributed by atoms with Crippen molar-refractivity contribution >= 4 is 5.91 Å². The monoisotopic (exact) mass is 200 g/mol. The zero-order valence-electron chi connectivity index (χ0n) is 8.87. The fraction of sp³-hybridized carbons (Fsp3) is 0.900. The van der Waals surface area contributed by atoms with E-state index < -0.39 is 0 Å². The molecule has 0 spiro atoms. The van der Waals surface area contributed by atoms with E-state index in [0.717, 1.165) is 32.2 Å². The number of hydrogen-bond donors (Lipinski definition) is 1. The van der Waals surface area contributed by atoms with Crippen LogP contribution in [0.1, 0.15) is 39.0 Å². The van der Waals surface area contributed by atoms with Gasteiger partial charge in [0, 0.05) is 19.0 Å². The third-order valence-electron chi connectivity index (χ3n) is 2.38. The van der Waals surface area contributed by atoms with Crippen molar-refractivity contribution in [1.82, 2.24) is 5.06 Å². The number of carbonyl (C=O) groups is 1. The molecule has 1 aliphatic heterocycles. The Balaban J connectivity index is 2.25. The summed E-state index contributed by atoms with van der Waals surface area (Å²) in [4.78, 5) is 16.9. The lowest BCUT2D eigenvalue weighted by molar-refractivity contribution is -0.197.